The molecule has 1 saturated heterocycles. The van der Waals surface area contributed by atoms with Crippen LogP contribution in [0.5, 0.6) is 0 Å². The average molecular weight is 413 g/mol. The molecule has 1 N–H and O–H groups in total. The molecule has 0 amide bonds. The summed E-state index contributed by atoms with van der Waals surface area (Å²) in [6.45, 7) is 4.97. The monoisotopic (exact) mass is 412 g/mol. The van der Waals surface area contributed by atoms with Gasteiger partial charge in [0, 0.05) is 43.9 Å². The van der Waals surface area contributed by atoms with E-state index in [9.17, 15) is 4.79 Å². The quantitative estimate of drug-likeness (QED) is 0.769. The SMILES string of the molecule is CCc1cc(CN2CCC3(CC2)CC(c2ccc(C(=O)O)cc2)=NO3)ccc1Cl. The second-order valence-corrected chi connectivity index (χ2v) is 8.33. The van der Waals surface area contributed by atoms with Gasteiger partial charge in [0.2, 0.25) is 0 Å². The van der Waals surface area contributed by atoms with Crippen molar-refractivity contribution in [2.24, 2.45) is 5.16 Å². The first-order valence-electron chi connectivity index (χ1n) is 10.1. The van der Waals surface area contributed by atoms with E-state index >= 15 is 0 Å². The molecule has 2 heterocycles. The zero-order valence-corrected chi connectivity index (χ0v) is 17.3. The number of carboxylic acids is 1. The van der Waals surface area contributed by atoms with Crippen LogP contribution in [-0.4, -0.2) is 40.4 Å². The van der Waals surface area contributed by atoms with Crippen LogP contribution in [0.25, 0.3) is 0 Å². The molecule has 2 aliphatic heterocycles. The standard InChI is InChI=1S/C23H25ClN2O3/c1-2-17-13-16(3-8-20(17)24)15-26-11-9-23(10-12-26)14-21(25-29-23)18-4-6-19(7-5-18)22(27)28/h3-8,13H,2,9-12,14-15H2,1H3,(H,27,28). The number of aromatic carboxylic acids is 1. The van der Waals surface area contributed by atoms with Crippen LogP contribution >= 0.6 is 11.6 Å². The van der Waals surface area contributed by atoms with E-state index in [-0.39, 0.29) is 11.2 Å². The summed E-state index contributed by atoms with van der Waals surface area (Å²) in [6, 6.07) is 13.2. The molecule has 0 unspecified atom stereocenters. The average Bonchev–Trinajstić information content (AvgIpc) is 3.15. The maximum atomic E-state index is 11.0. The molecule has 1 fully saturated rings. The van der Waals surface area contributed by atoms with Gasteiger partial charge in [-0.25, -0.2) is 4.79 Å². The number of carbonyl (C=O) groups is 1. The molecule has 0 atom stereocenters. The van der Waals surface area contributed by atoms with Crippen LogP contribution in [0, 0.1) is 0 Å². The molecule has 29 heavy (non-hydrogen) atoms. The predicted octanol–water partition coefficient (Wildman–Crippen LogP) is 4.76. The molecular weight excluding hydrogens is 388 g/mol. The third-order valence-electron chi connectivity index (χ3n) is 5.97. The Balaban J connectivity index is 1.34. The third kappa shape index (κ3) is 4.31. The molecule has 2 aromatic rings. The number of nitrogens with zero attached hydrogens (tertiary/aromatic N) is 2. The van der Waals surface area contributed by atoms with Crippen molar-refractivity contribution in [3.63, 3.8) is 0 Å². The molecule has 2 aromatic carbocycles. The normalized spacial score (nSPS) is 18.5. The lowest BCUT2D eigenvalue weighted by Crippen LogP contribution is -2.44. The summed E-state index contributed by atoms with van der Waals surface area (Å²) in [5, 5.41) is 14.2. The Bertz CT molecular complexity index is 932. The van der Waals surface area contributed by atoms with Gasteiger partial charge in [0.15, 0.2) is 0 Å². The molecule has 0 bridgehead atoms. The van der Waals surface area contributed by atoms with Crippen molar-refractivity contribution in [3.05, 3.63) is 69.7 Å². The van der Waals surface area contributed by atoms with Crippen LogP contribution in [0.4, 0.5) is 0 Å². The summed E-state index contributed by atoms with van der Waals surface area (Å²) >= 11 is 6.24. The first kappa shape index (κ1) is 19.9. The summed E-state index contributed by atoms with van der Waals surface area (Å²) < 4.78 is 0. The van der Waals surface area contributed by atoms with Gasteiger partial charge in [0.1, 0.15) is 5.60 Å². The second-order valence-electron chi connectivity index (χ2n) is 7.93. The van der Waals surface area contributed by atoms with E-state index in [1.165, 1.54) is 11.1 Å². The zero-order valence-electron chi connectivity index (χ0n) is 16.5. The van der Waals surface area contributed by atoms with E-state index in [0.717, 1.165) is 61.6 Å². The van der Waals surface area contributed by atoms with Gasteiger partial charge in [-0.2, -0.15) is 0 Å². The zero-order chi connectivity index (χ0) is 20.4. The number of hydrogen-bond donors (Lipinski definition) is 1. The fraction of sp³-hybridized carbons (Fsp3) is 0.391. The molecule has 0 saturated carbocycles. The highest BCUT2D eigenvalue weighted by Gasteiger charge is 2.42. The van der Waals surface area contributed by atoms with E-state index < -0.39 is 5.97 Å². The number of halogens is 1. The smallest absolute Gasteiger partial charge is 0.335 e. The van der Waals surface area contributed by atoms with Gasteiger partial charge in [-0.15, -0.1) is 0 Å². The number of benzene rings is 2. The lowest BCUT2D eigenvalue weighted by Gasteiger charge is -2.37. The van der Waals surface area contributed by atoms with Gasteiger partial charge in [-0.3, -0.25) is 4.90 Å². The van der Waals surface area contributed by atoms with Crippen molar-refractivity contribution in [2.45, 2.75) is 44.8 Å². The minimum absolute atomic E-state index is 0.230. The van der Waals surface area contributed by atoms with Crippen molar-refractivity contribution in [3.8, 4) is 0 Å². The van der Waals surface area contributed by atoms with E-state index in [2.05, 4.69) is 29.1 Å². The first-order valence-corrected chi connectivity index (χ1v) is 10.4. The van der Waals surface area contributed by atoms with Crippen LogP contribution in [0.2, 0.25) is 5.02 Å². The first-order chi connectivity index (χ1) is 14.0. The Kier molecular flexibility index (Phi) is 5.61. The van der Waals surface area contributed by atoms with Crippen LogP contribution in [0.1, 0.15) is 53.2 Å². The van der Waals surface area contributed by atoms with Gasteiger partial charge in [-0.1, -0.05) is 47.9 Å². The van der Waals surface area contributed by atoms with Crippen molar-refractivity contribution >= 4 is 23.3 Å². The Morgan fingerprint density at radius 3 is 2.59 bits per heavy atom. The van der Waals surface area contributed by atoms with E-state index in [4.69, 9.17) is 21.5 Å². The fourth-order valence-electron chi connectivity index (χ4n) is 4.12. The van der Waals surface area contributed by atoms with Gasteiger partial charge < -0.3 is 9.94 Å². The van der Waals surface area contributed by atoms with Crippen LogP contribution in [0.15, 0.2) is 47.6 Å². The number of likely N-dealkylation sites (tertiary alicyclic amines) is 1. The van der Waals surface area contributed by atoms with Gasteiger partial charge in [0.05, 0.1) is 11.3 Å². The highest BCUT2D eigenvalue weighted by atomic mass is 35.5. The molecule has 152 valence electrons. The molecule has 0 aliphatic carbocycles. The van der Waals surface area contributed by atoms with E-state index in [1.54, 1.807) is 12.1 Å². The maximum Gasteiger partial charge on any atom is 0.335 e. The molecule has 2 aliphatic rings. The van der Waals surface area contributed by atoms with Crippen molar-refractivity contribution < 1.29 is 14.7 Å². The minimum atomic E-state index is -0.920. The van der Waals surface area contributed by atoms with Crippen molar-refractivity contribution in [1.29, 1.82) is 0 Å². The van der Waals surface area contributed by atoms with Gasteiger partial charge >= 0.3 is 5.97 Å². The molecule has 1 spiro atoms. The molecule has 5 nitrogen and oxygen atoms in total. The fourth-order valence-corrected chi connectivity index (χ4v) is 4.38. The number of aryl methyl sites for hydroxylation is 1. The van der Waals surface area contributed by atoms with Crippen LogP contribution in [-0.2, 0) is 17.8 Å². The van der Waals surface area contributed by atoms with E-state index in [1.807, 2.05) is 18.2 Å². The van der Waals surface area contributed by atoms with Gasteiger partial charge in [0.25, 0.3) is 0 Å². The molecule has 6 heteroatoms. The van der Waals surface area contributed by atoms with Crippen molar-refractivity contribution in [1.82, 2.24) is 4.90 Å². The maximum absolute atomic E-state index is 11.0. The van der Waals surface area contributed by atoms with Crippen molar-refractivity contribution in [2.75, 3.05) is 13.1 Å². The number of oxime groups is 1. The molecular formula is C23H25ClN2O3. The Hall–Kier alpha value is -2.37. The number of rotatable bonds is 5. The Morgan fingerprint density at radius 1 is 1.21 bits per heavy atom. The summed E-state index contributed by atoms with van der Waals surface area (Å²) in [6.07, 6.45) is 3.58. The molecule has 0 aromatic heterocycles. The third-order valence-corrected chi connectivity index (χ3v) is 6.34. The highest BCUT2D eigenvalue weighted by Crippen LogP contribution is 2.36. The second kappa shape index (κ2) is 8.17. The predicted molar refractivity (Wildman–Crippen MR) is 114 cm³/mol. The number of carboxylic acid groups (broad SMARTS) is 1. The minimum Gasteiger partial charge on any atom is -0.478 e. The molecule has 4 rings (SSSR count). The Labute approximate surface area is 175 Å². The summed E-state index contributed by atoms with van der Waals surface area (Å²) in [4.78, 5) is 19.4. The number of piperidine rings is 1. The lowest BCUT2D eigenvalue weighted by atomic mass is 9.85. The largest absolute Gasteiger partial charge is 0.478 e. The Morgan fingerprint density at radius 2 is 1.93 bits per heavy atom. The summed E-state index contributed by atoms with van der Waals surface area (Å²) in [5.41, 5.74) is 4.38. The highest BCUT2D eigenvalue weighted by molar-refractivity contribution is 6.31. The summed E-state index contributed by atoms with van der Waals surface area (Å²) in [5.74, 6) is -0.920. The topological polar surface area (TPSA) is 62.1 Å². The lowest BCUT2D eigenvalue weighted by molar-refractivity contribution is -0.0627. The van der Waals surface area contributed by atoms with Crippen LogP contribution in [0.3, 0.4) is 0 Å². The molecule has 0 radical (unpaired) electrons. The number of hydrogen-bond acceptors (Lipinski definition) is 4. The van der Waals surface area contributed by atoms with Gasteiger partial charge in [-0.05, 0) is 41.3 Å². The van der Waals surface area contributed by atoms with Crippen LogP contribution < -0.4 is 0 Å². The van der Waals surface area contributed by atoms with E-state index in [0.29, 0.717) is 0 Å². The summed E-state index contributed by atoms with van der Waals surface area (Å²) in [7, 11) is 0.